The third-order valence-corrected chi connectivity index (χ3v) is 4.01. The van der Waals surface area contributed by atoms with Gasteiger partial charge in [0.2, 0.25) is 0 Å². The third kappa shape index (κ3) is 7.77. The van der Waals surface area contributed by atoms with Crippen molar-refractivity contribution in [2.24, 2.45) is 16.6 Å². The molecule has 0 bridgehead atoms. The molecule has 0 spiro atoms. The highest BCUT2D eigenvalue weighted by molar-refractivity contribution is 14.0. The monoisotopic (exact) mass is 461 g/mol. The van der Waals surface area contributed by atoms with Crippen molar-refractivity contribution in [3.63, 3.8) is 0 Å². The van der Waals surface area contributed by atoms with Gasteiger partial charge in [-0.25, -0.2) is 9.98 Å². The summed E-state index contributed by atoms with van der Waals surface area (Å²) in [4.78, 5) is 11.2. The molecule has 142 valence electrons. The molecule has 1 aromatic heterocycles. The minimum absolute atomic E-state index is 0. The molecule has 7 heteroatoms. The highest BCUT2D eigenvalue weighted by atomic mass is 127. The van der Waals surface area contributed by atoms with Gasteiger partial charge in [-0.15, -0.1) is 24.0 Å². The average molecular weight is 461 g/mol. The van der Waals surface area contributed by atoms with Crippen molar-refractivity contribution in [1.29, 1.82) is 0 Å². The Morgan fingerprint density at radius 2 is 2.04 bits per heavy atom. The second-order valence-electron chi connectivity index (χ2n) is 7.00. The lowest BCUT2D eigenvalue weighted by Crippen LogP contribution is -2.45. The Hall–Kier alpha value is -1.09. The summed E-state index contributed by atoms with van der Waals surface area (Å²) in [5.41, 5.74) is 6.94. The van der Waals surface area contributed by atoms with E-state index < -0.39 is 0 Å². The van der Waals surface area contributed by atoms with Gasteiger partial charge in [-0.1, -0.05) is 19.9 Å². The number of morpholine rings is 1. The van der Waals surface area contributed by atoms with Crippen molar-refractivity contribution in [3.8, 4) is 0 Å². The summed E-state index contributed by atoms with van der Waals surface area (Å²) in [6.45, 7) is 11.7. The number of hydrogen-bond donors (Lipinski definition) is 2. The Bertz CT molecular complexity index is 525. The fourth-order valence-corrected chi connectivity index (χ4v) is 2.78. The molecular formula is C18H32IN5O. The molecule has 1 aliphatic rings. The van der Waals surface area contributed by atoms with Gasteiger partial charge in [0.15, 0.2) is 5.96 Å². The number of guanidine groups is 1. The summed E-state index contributed by atoms with van der Waals surface area (Å²) in [6.07, 6.45) is 3.43. The van der Waals surface area contributed by atoms with Crippen molar-refractivity contribution in [2.45, 2.75) is 52.9 Å². The maximum atomic E-state index is 5.88. The molecular weight excluding hydrogens is 429 g/mol. The highest BCUT2D eigenvalue weighted by Crippen LogP contribution is 2.18. The molecule has 2 rings (SSSR count). The molecule has 0 aliphatic carbocycles. The number of ether oxygens (including phenoxy) is 1. The Morgan fingerprint density at radius 1 is 1.36 bits per heavy atom. The zero-order valence-corrected chi connectivity index (χ0v) is 18.1. The zero-order valence-electron chi connectivity index (χ0n) is 15.7. The number of aromatic nitrogens is 1. The molecule has 2 atom stereocenters. The number of pyridine rings is 1. The van der Waals surface area contributed by atoms with Gasteiger partial charge in [-0.2, -0.15) is 0 Å². The number of aliphatic imine (C=N–C) groups is 1. The van der Waals surface area contributed by atoms with Crippen molar-refractivity contribution in [2.75, 3.05) is 24.5 Å². The first-order valence-corrected chi connectivity index (χ1v) is 8.83. The minimum Gasteiger partial charge on any atom is -0.372 e. The molecule has 0 aromatic carbocycles. The third-order valence-electron chi connectivity index (χ3n) is 4.01. The van der Waals surface area contributed by atoms with Crippen molar-refractivity contribution >= 4 is 35.8 Å². The Morgan fingerprint density at radius 3 is 2.60 bits per heavy atom. The lowest BCUT2D eigenvalue weighted by molar-refractivity contribution is -0.00545. The molecule has 0 amide bonds. The van der Waals surface area contributed by atoms with Crippen LogP contribution in [-0.4, -0.2) is 42.8 Å². The van der Waals surface area contributed by atoms with E-state index in [9.17, 15) is 0 Å². The SMILES string of the molecule is CC(C)CCNC(N)=NCc1ccc(N2CC(C)OC(C)C2)nc1.I. The summed E-state index contributed by atoms with van der Waals surface area (Å²) in [6, 6.07) is 4.12. The predicted octanol–water partition coefficient (Wildman–Crippen LogP) is 2.76. The average Bonchev–Trinajstić information content (AvgIpc) is 2.52. The summed E-state index contributed by atoms with van der Waals surface area (Å²) < 4.78 is 5.77. The Labute approximate surface area is 168 Å². The molecule has 0 radical (unpaired) electrons. The lowest BCUT2D eigenvalue weighted by Gasteiger charge is -2.36. The van der Waals surface area contributed by atoms with Gasteiger partial charge >= 0.3 is 0 Å². The van der Waals surface area contributed by atoms with Gasteiger partial charge in [0.1, 0.15) is 5.82 Å². The van der Waals surface area contributed by atoms with E-state index in [1.54, 1.807) is 0 Å². The van der Waals surface area contributed by atoms with Gasteiger partial charge in [0.25, 0.3) is 0 Å². The first-order valence-electron chi connectivity index (χ1n) is 8.83. The minimum atomic E-state index is 0. The van der Waals surface area contributed by atoms with E-state index >= 15 is 0 Å². The van der Waals surface area contributed by atoms with Crippen LogP contribution in [0.5, 0.6) is 0 Å². The molecule has 3 N–H and O–H groups in total. The molecule has 6 nitrogen and oxygen atoms in total. The van der Waals surface area contributed by atoms with Crippen LogP contribution >= 0.6 is 24.0 Å². The molecule has 2 heterocycles. The van der Waals surface area contributed by atoms with E-state index in [1.807, 2.05) is 6.20 Å². The van der Waals surface area contributed by atoms with E-state index in [4.69, 9.17) is 10.5 Å². The summed E-state index contributed by atoms with van der Waals surface area (Å²) in [5.74, 6) is 2.15. The predicted molar refractivity (Wildman–Crippen MR) is 115 cm³/mol. The number of nitrogens with one attached hydrogen (secondary N) is 1. The van der Waals surface area contributed by atoms with Gasteiger partial charge in [-0.05, 0) is 37.8 Å². The number of anilines is 1. The Balaban J connectivity index is 0.00000312. The standard InChI is InChI=1S/C18H31N5O.HI/c1-13(2)7-8-20-18(19)22-10-16-5-6-17(21-9-16)23-11-14(3)24-15(4)12-23;/h5-6,9,13-15H,7-8,10-12H2,1-4H3,(H3,19,20,22);1H. The fourth-order valence-electron chi connectivity index (χ4n) is 2.78. The summed E-state index contributed by atoms with van der Waals surface area (Å²) in [7, 11) is 0. The first-order chi connectivity index (χ1) is 11.4. The van der Waals surface area contributed by atoms with Crippen molar-refractivity contribution < 1.29 is 4.74 Å². The highest BCUT2D eigenvalue weighted by Gasteiger charge is 2.22. The van der Waals surface area contributed by atoms with E-state index in [-0.39, 0.29) is 36.2 Å². The largest absolute Gasteiger partial charge is 0.372 e. The van der Waals surface area contributed by atoms with Crippen LogP contribution in [0.25, 0.3) is 0 Å². The van der Waals surface area contributed by atoms with Crippen molar-refractivity contribution in [1.82, 2.24) is 10.3 Å². The maximum absolute atomic E-state index is 5.88. The number of nitrogens with two attached hydrogens (primary N) is 1. The smallest absolute Gasteiger partial charge is 0.188 e. The van der Waals surface area contributed by atoms with Crippen molar-refractivity contribution in [3.05, 3.63) is 23.9 Å². The van der Waals surface area contributed by atoms with Crippen LogP contribution in [0.3, 0.4) is 0 Å². The molecule has 1 aromatic rings. The van der Waals surface area contributed by atoms with E-state index in [2.05, 4.69) is 60.0 Å². The van der Waals surface area contributed by atoms with Crippen LogP contribution < -0.4 is 16.0 Å². The molecule has 0 saturated carbocycles. The quantitative estimate of drug-likeness (QED) is 0.387. The van der Waals surface area contributed by atoms with Crippen LogP contribution in [0.4, 0.5) is 5.82 Å². The number of halogens is 1. The second-order valence-corrected chi connectivity index (χ2v) is 7.00. The molecule has 1 fully saturated rings. The van der Waals surface area contributed by atoms with Crippen LogP contribution in [-0.2, 0) is 11.3 Å². The van der Waals surface area contributed by atoms with Gasteiger partial charge in [-0.3, -0.25) is 0 Å². The topological polar surface area (TPSA) is 75.8 Å². The maximum Gasteiger partial charge on any atom is 0.188 e. The number of rotatable bonds is 6. The summed E-state index contributed by atoms with van der Waals surface area (Å²) >= 11 is 0. The van der Waals surface area contributed by atoms with Gasteiger partial charge < -0.3 is 20.7 Å². The zero-order chi connectivity index (χ0) is 17.5. The Kier molecular flexibility index (Phi) is 9.48. The number of hydrogen-bond acceptors (Lipinski definition) is 4. The van der Waals surface area contributed by atoms with Crippen LogP contribution in [0, 0.1) is 5.92 Å². The normalized spacial score (nSPS) is 21.2. The van der Waals surface area contributed by atoms with Gasteiger partial charge in [0.05, 0.1) is 18.8 Å². The first kappa shape index (κ1) is 22.0. The molecule has 25 heavy (non-hydrogen) atoms. The van der Waals surface area contributed by atoms with Crippen LogP contribution in [0.15, 0.2) is 23.3 Å². The van der Waals surface area contributed by atoms with Crippen LogP contribution in [0.2, 0.25) is 0 Å². The second kappa shape index (κ2) is 10.8. The molecule has 1 aliphatic heterocycles. The summed E-state index contributed by atoms with van der Waals surface area (Å²) in [5, 5.41) is 3.14. The lowest BCUT2D eigenvalue weighted by atomic mass is 10.1. The van der Waals surface area contributed by atoms with Gasteiger partial charge in [0, 0.05) is 25.8 Å². The number of nitrogens with zero attached hydrogens (tertiary/aromatic N) is 3. The van der Waals surface area contributed by atoms with E-state index in [1.165, 1.54) is 0 Å². The van der Waals surface area contributed by atoms with Crippen LogP contribution in [0.1, 0.15) is 39.7 Å². The van der Waals surface area contributed by atoms with E-state index in [0.717, 1.165) is 37.4 Å². The van der Waals surface area contributed by atoms with E-state index in [0.29, 0.717) is 18.4 Å². The fraction of sp³-hybridized carbons (Fsp3) is 0.667. The molecule has 2 unspecified atom stereocenters. The molecule has 1 saturated heterocycles.